The van der Waals surface area contributed by atoms with Gasteiger partial charge in [-0.3, -0.25) is 0 Å². The summed E-state index contributed by atoms with van der Waals surface area (Å²) < 4.78 is 0. The number of nitrogens with zero attached hydrogens (tertiary/aromatic N) is 2. The van der Waals surface area contributed by atoms with Crippen LogP contribution in [0.1, 0.15) is 39.4 Å². The minimum absolute atomic E-state index is 0.128. The van der Waals surface area contributed by atoms with E-state index in [1.807, 2.05) is 0 Å². The highest BCUT2D eigenvalue weighted by Crippen LogP contribution is 2.32. The normalized spacial score (nSPS) is 16.2. The van der Waals surface area contributed by atoms with E-state index in [2.05, 4.69) is 36.1 Å². The summed E-state index contributed by atoms with van der Waals surface area (Å²) >= 11 is 6.01. The number of hydrogen-bond acceptors (Lipinski definition) is 4. The molecule has 0 bridgehead atoms. The molecule has 1 aromatic heterocycles. The summed E-state index contributed by atoms with van der Waals surface area (Å²) in [5.74, 6) is 1.39. The second kappa shape index (κ2) is 3.77. The molecule has 4 nitrogen and oxygen atoms in total. The molecule has 0 aromatic carbocycles. The fourth-order valence-corrected chi connectivity index (χ4v) is 1.48. The monoisotopic (exact) mass is 240 g/mol. The molecule has 1 heterocycles. The van der Waals surface area contributed by atoms with E-state index in [-0.39, 0.29) is 5.41 Å². The Kier molecular flexibility index (Phi) is 2.70. The molecule has 88 valence electrons. The van der Waals surface area contributed by atoms with Crippen LogP contribution in [0.2, 0.25) is 5.15 Å². The van der Waals surface area contributed by atoms with Crippen molar-refractivity contribution < 1.29 is 0 Å². The molecule has 16 heavy (non-hydrogen) atoms. The Bertz CT molecular complexity index is 407. The smallest absolute Gasteiger partial charge is 0.157 e. The van der Waals surface area contributed by atoms with E-state index in [1.165, 1.54) is 12.8 Å². The van der Waals surface area contributed by atoms with Crippen molar-refractivity contribution in [1.29, 1.82) is 0 Å². The van der Waals surface area contributed by atoms with Gasteiger partial charge in [0.05, 0.1) is 0 Å². The molecule has 2 rings (SSSR count). The lowest BCUT2D eigenvalue weighted by Gasteiger charge is -2.19. The molecule has 0 radical (unpaired) electrons. The molecule has 1 saturated carbocycles. The molecule has 1 aliphatic rings. The standard InChI is InChI=1S/C11H17ClN4/c1-11(2,3)10-15-8(12)7(13)9(16-10)14-6-4-5-6/h6H,4-5,13H2,1-3H3,(H,14,15,16). The van der Waals surface area contributed by atoms with Crippen molar-refractivity contribution in [3.8, 4) is 0 Å². The highest BCUT2D eigenvalue weighted by Gasteiger charge is 2.25. The zero-order valence-corrected chi connectivity index (χ0v) is 10.6. The molecule has 0 spiro atoms. The van der Waals surface area contributed by atoms with Gasteiger partial charge >= 0.3 is 0 Å². The van der Waals surface area contributed by atoms with Crippen LogP contribution in [-0.2, 0) is 5.41 Å². The average Bonchev–Trinajstić information content (AvgIpc) is 2.94. The Morgan fingerprint density at radius 3 is 2.44 bits per heavy atom. The summed E-state index contributed by atoms with van der Waals surface area (Å²) in [6.07, 6.45) is 2.35. The van der Waals surface area contributed by atoms with Gasteiger partial charge in [0, 0.05) is 11.5 Å². The van der Waals surface area contributed by atoms with Crippen LogP contribution in [-0.4, -0.2) is 16.0 Å². The van der Waals surface area contributed by atoms with E-state index in [0.29, 0.717) is 22.7 Å². The number of halogens is 1. The molecule has 0 amide bonds. The van der Waals surface area contributed by atoms with Gasteiger partial charge in [0.2, 0.25) is 0 Å². The Morgan fingerprint density at radius 1 is 1.31 bits per heavy atom. The van der Waals surface area contributed by atoms with Crippen LogP contribution in [0.15, 0.2) is 0 Å². The van der Waals surface area contributed by atoms with Gasteiger partial charge in [-0.25, -0.2) is 9.97 Å². The third-order valence-electron chi connectivity index (χ3n) is 2.49. The minimum atomic E-state index is -0.128. The van der Waals surface area contributed by atoms with Gasteiger partial charge in [0.15, 0.2) is 11.0 Å². The number of nitrogens with one attached hydrogen (secondary N) is 1. The maximum absolute atomic E-state index is 6.01. The molecule has 1 fully saturated rings. The fourth-order valence-electron chi connectivity index (χ4n) is 1.31. The van der Waals surface area contributed by atoms with Crippen molar-refractivity contribution in [2.24, 2.45) is 0 Å². The topological polar surface area (TPSA) is 63.8 Å². The van der Waals surface area contributed by atoms with E-state index >= 15 is 0 Å². The van der Waals surface area contributed by atoms with Gasteiger partial charge in [-0.05, 0) is 12.8 Å². The van der Waals surface area contributed by atoms with E-state index in [0.717, 1.165) is 5.82 Å². The largest absolute Gasteiger partial charge is 0.393 e. The van der Waals surface area contributed by atoms with Crippen molar-refractivity contribution in [3.63, 3.8) is 0 Å². The van der Waals surface area contributed by atoms with Crippen molar-refractivity contribution in [3.05, 3.63) is 11.0 Å². The maximum atomic E-state index is 6.01. The number of nitrogen functional groups attached to an aromatic ring is 1. The van der Waals surface area contributed by atoms with Crippen molar-refractivity contribution in [2.75, 3.05) is 11.1 Å². The van der Waals surface area contributed by atoms with Gasteiger partial charge in [0.1, 0.15) is 11.5 Å². The van der Waals surface area contributed by atoms with Crippen LogP contribution < -0.4 is 11.1 Å². The second-order valence-electron chi connectivity index (χ2n) is 5.27. The number of hydrogen-bond donors (Lipinski definition) is 2. The minimum Gasteiger partial charge on any atom is -0.393 e. The highest BCUT2D eigenvalue weighted by molar-refractivity contribution is 6.32. The van der Waals surface area contributed by atoms with Crippen molar-refractivity contribution in [2.45, 2.75) is 45.1 Å². The first-order chi connectivity index (χ1) is 7.38. The summed E-state index contributed by atoms with van der Waals surface area (Å²) in [4.78, 5) is 8.67. The Labute approximate surface area is 101 Å². The summed E-state index contributed by atoms with van der Waals surface area (Å²) in [6.45, 7) is 6.15. The first-order valence-corrected chi connectivity index (χ1v) is 5.86. The molecule has 1 aliphatic carbocycles. The lowest BCUT2D eigenvalue weighted by molar-refractivity contribution is 0.546. The molecular weight excluding hydrogens is 224 g/mol. The quantitative estimate of drug-likeness (QED) is 0.780. The molecule has 0 aliphatic heterocycles. The number of aromatic nitrogens is 2. The molecule has 0 atom stereocenters. The van der Waals surface area contributed by atoms with Crippen LogP contribution in [0.4, 0.5) is 11.5 Å². The predicted octanol–water partition coefficient (Wildman–Crippen LogP) is 2.58. The van der Waals surface area contributed by atoms with E-state index < -0.39 is 0 Å². The van der Waals surface area contributed by atoms with Crippen LogP contribution in [0.25, 0.3) is 0 Å². The average molecular weight is 241 g/mol. The number of rotatable bonds is 2. The lowest BCUT2D eigenvalue weighted by Crippen LogP contribution is -2.19. The fraction of sp³-hybridized carbons (Fsp3) is 0.636. The summed E-state index contributed by atoms with van der Waals surface area (Å²) in [5.41, 5.74) is 6.17. The van der Waals surface area contributed by atoms with Gasteiger partial charge in [0.25, 0.3) is 0 Å². The van der Waals surface area contributed by atoms with E-state index in [4.69, 9.17) is 17.3 Å². The Morgan fingerprint density at radius 2 is 1.94 bits per heavy atom. The van der Waals surface area contributed by atoms with Crippen LogP contribution >= 0.6 is 11.6 Å². The second-order valence-corrected chi connectivity index (χ2v) is 5.63. The Balaban J connectivity index is 2.38. The number of anilines is 2. The summed E-state index contributed by atoms with van der Waals surface area (Å²) in [5, 5.41) is 3.61. The highest BCUT2D eigenvalue weighted by atomic mass is 35.5. The van der Waals surface area contributed by atoms with Crippen molar-refractivity contribution >= 4 is 23.1 Å². The van der Waals surface area contributed by atoms with Gasteiger partial charge in [-0.15, -0.1) is 0 Å². The number of nitrogens with two attached hydrogens (primary N) is 1. The molecular formula is C11H17ClN4. The van der Waals surface area contributed by atoms with Crippen LogP contribution in [0.5, 0.6) is 0 Å². The molecule has 5 heteroatoms. The van der Waals surface area contributed by atoms with E-state index in [9.17, 15) is 0 Å². The predicted molar refractivity (Wildman–Crippen MR) is 66.8 cm³/mol. The van der Waals surface area contributed by atoms with Gasteiger partial charge in [-0.1, -0.05) is 32.4 Å². The van der Waals surface area contributed by atoms with Gasteiger partial charge < -0.3 is 11.1 Å². The van der Waals surface area contributed by atoms with Crippen LogP contribution in [0.3, 0.4) is 0 Å². The zero-order chi connectivity index (χ0) is 11.9. The first kappa shape index (κ1) is 11.5. The summed E-state index contributed by atoms with van der Waals surface area (Å²) in [6, 6.07) is 0.501. The van der Waals surface area contributed by atoms with Crippen molar-refractivity contribution in [1.82, 2.24) is 9.97 Å². The molecule has 1 aromatic rings. The first-order valence-electron chi connectivity index (χ1n) is 5.48. The molecule has 3 N–H and O–H groups in total. The zero-order valence-electron chi connectivity index (χ0n) is 9.84. The maximum Gasteiger partial charge on any atom is 0.157 e. The summed E-state index contributed by atoms with van der Waals surface area (Å²) in [7, 11) is 0. The SMILES string of the molecule is CC(C)(C)c1nc(Cl)c(N)c(NC2CC2)n1. The van der Waals surface area contributed by atoms with Gasteiger partial charge in [-0.2, -0.15) is 0 Å². The Hall–Kier alpha value is -1.03. The third kappa shape index (κ3) is 2.38. The van der Waals surface area contributed by atoms with Crippen LogP contribution in [0, 0.1) is 0 Å². The third-order valence-corrected chi connectivity index (χ3v) is 2.78. The lowest BCUT2D eigenvalue weighted by atomic mass is 9.96. The molecule has 0 saturated heterocycles. The van der Waals surface area contributed by atoms with E-state index in [1.54, 1.807) is 0 Å². The molecule has 0 unspecified atom stereocenters.